The molecular weight excluding hydrogens is 246 g/mol. The quantitative estimate of drug-likeness (QED) is 0.910. The summed E-state index contributed by atoms with van der Waals surface area (Å²) >= 11 is 0. The van der Waals surface area contributed by atoms with Gasteiger partial charge in [-0.15, -0.1) is 0 Å². The van der Waals surface area contributed by atoms with Crippen LogP contribution in [-0.4, -0.2) is 19.2 Å². The minimum atomic E-state index is 0.520. The third-order valence-corrected chi connectivity index (χ3v) is 3.85. The molecule has 0 aliphatic carbocycles. The van der Waals surface area contributed by atoms with E-state index in [1.165, 1.54) is 29.5 Å². The molecule has 0 bridgehead atoms. The van der Waals surface area contributed by atoms with Crippen LogP contribution in [0.25, 0.3) is 11.1 Å². The van der Waals surface area contributed by atoms with Crippen molar-refractivity contribution in [3.05, 3.63) is 54.1 Å². The molecule has 3 rings (SSSR count). The SMILES string of the molecule is Cc1ccc(-c2ccc(OC[C@@H]3CCCN3)cc2)cc1. The molecule has 1 saturated heterocycles. The van der Waals surface area contributed by atoms with Gasteiger partial charge >= 0.3 is 0 Å². The number of benzene rings is 2. The molecule has 0 radical (unpaired) electrons. The number of aryl methyl sites for hydroxylation is 1. The van der Waals surface area contributed by atoms with Gasteiger partial charge in [-0.3, -0.25) is 0 Å². The van der Waals surface area contributed by atoms with Crippen LogP contribution in [0.2, 0.25) is 0 Å². The van der Waals surface area contributed by atoms with Crippen molar-refractivity contribution >= 4 is 0 Å². The summed E-state index contributed by atoms with van der Waals surface area (Å²) in [5, 5.41) is 3.44. The van der Waals surface area contributed by atoms with Crippen LogP contribution in [0.5, 0.6) is 5.75 Å². The Morgan fingerprint density at radius 1 is 1.00 bits per heavy atom. The molecule has 2 aromatic carbocycles. The van der Waals surface area contributed by atoms with E-state index >= 15 is 0 Å². The summed E-state index contributed by atoms with van der Waals surface area (Å²) in [5.74, 6) is 0.953. The number of hydrogen-bond donors (Lipinski definition) is 1. The molecule has 0 aromatic heterocycles. The van der Waals surface area contributed by atoms with Crippen molar-refractivity contribution in [2.75, 3.05) is 13.2 Å². The Hall–Kier alpha value is -1.80. The van der Waals surface area contributed by atoms with Crippen LogP contribution in [0.3, 0.4) is 0 Å². The molecule has 1 N–H and O–H groups in total. The molecule has 20 heavy (non-hydrogen) atoms. The largest absolute Gasteiger partial charge is 0.492 e. The van der Waals surface area contributed by atoms with Gasteiger partial charge < -0.3 is 10.1 Å². The van der Waals surface area contributed by atoms with Gasteiger partial charge in [0.25, 0.3) is 0 Å². The molecule has 0 saturated carbocycles. The molecule has 0 amide bonds. The number of ether oxygens (including phenoxy) is 1. The molecule has 2 heteroatoms. The van der Waals surface area contributed by atoms with E-state index in [2.05, 4.69) is 60.8 Å². The van der Waals surface area contributed by atoms with Gasteiger partial charge in [-0.1, -0.05) is 42.0 Å². The van der Waals surface area contributed by atoms with Crippen LogP contribution < -0.4 is 10.1 Å². The highest BCUT2D eigenvalue weighted by Crippen LogP contribution is 2.23. The highest BCUT2D eigenvalue weighted by Gasteiger charge is 2.14. The van der Waals surface area contributed by atoms with Crippen molar-refractivity contribution in [1.29, 1.82) is 0 Å². The molecule has 1 aliphatic rings. The standard InChI is InChI=1S/C18H21NO/c1-14-4-6-15(7-5-14)16-8-10-18(11-9-16)20-13-17-3-2-12-19-17/h4-11,17,19H,2-3,12-13H2,1H3/t17-/m0/s1. The van der Waals surface area contributed by atoms with Gasteiger partial charge in [0.15, 0.2) is 0 Å². The van der Waals surface area contributed by atoms with E-state index in [0.29, 0.717) is 6.04 Å². The van der Waals surface area contributed by atoms with E-state index in [0.717, 1.165) is 18.9 Å². The summed E-state index contributed by atoms with van der Waals surface area (Å²) in [6.07, 6.45) is 2.49. The van der Waals surface area contributed by atoms with Crippen LogP contribution in [-0.2, 0) is 0 Å². The summed E-state index contributed by atoms with van der Waals surface area (Å²) in [6.45, 7) is 4.00. The highest BCUT2D eigenvalue weighted by atomic mass is 16.5. The van der Waals surface area contributed by atoms with Crippen molar-refractivity contribution in [3.63, 3.8) is 0 Å². The molecular formula is C18H21NO. The molecule has 2 aromatic rings. The van der Waals surface area contributed by atoms with Gasteiger partial charge in [0, 0.05) is 6.04 Å². The molecule has 1 fully saturated rings. The van der Waals surface area contributed by atoms with Gasteiger partial charge in [-0.2, -0.15) is 0 Å². The van der Waals surface area contributed by atoms with Crippen molar-refractivity contribution in [1.82, 2.24) is 5.32 Å². The highest BCUT2D eigenvalue weighted by molar-refractivity contribution is 5.64. The second kappa shape index (κ2) is 6.10. The Balaban J connectivity index is 1.63. The predicted molar refractivity (Wildman–Crippen MR) is 83.1 cm³/mol. The fraction of sp³-hybridized carbons (Fsp3) is 0.333. The number of hydrogen-bond acceptors (Lipinski definition) is 2. The lowest BCUT2D eigenvalue weighted by Crippen LogP contribution is -2.28. The molecule has 2 nitrogen and oxygen atoms in total. The smallest absolute Gasteiger partial charge is 0.119 e. The molecule has 0 spiro atoms. The zero-order chi connectivity index (χ0) is 13.8. The van der Waals surface area contributed by atoms with Gasteiger partial charge in [0.2, 0.25) is 0 Å². The second-order valence-corrected chi connectivity index (χ2v) is 5.49. The van der Waals surface area contributed by atoms with Gasteiger partial charge in [-0.05, 0) is 49.6 Å². The fourth-order valence-electron chi connectivity index (χ4n) is 2.59. The van der Waals surface area contributed by atoms with E-state index in [1.54, 1.807) is 0 Å². The van der Waals surface area contributed by atoms with Crippen LogP contribution >= 0.6 is 0 Å². The number of nitrogens with one attached hydrogen (secondary N) is 1. The summed E-state index contributed by atoms with van der Waals surface area (Å²) in [5.41, 5.74) is 3.77. The van der Waals surface area contributed by atoms with Gasteiger partial charge in [0.05, 0.1) is 0 Å². The molecule has 0 unspecified atom stereocenters. The topological polar surface area (TPSA) is 21.3 Å². The summed E-state index contributed by atoms with van der Waals surface area (Å²) in [6, 6.07) is 17.5. The summed E-state index contributed by atoms with van der Waals surface area (Å²) in [4.78, 5) is 0. The normalized spacial score (nSPS) is 18.1. The number of rotatable bonds is 4. The van der Waals surface area contributed by atoms with Crippen molar-refractivity contribution < 1.29 is 4.74 Å². The molecule has 1 atom stereocenters. The summed E-state index contributed by atoms with van der Waals surface area (Å²) in [7, 11) is 0. The first kappa shape index (κ1) is 13.2. The lowest BCUT2D eigenvalue weighted by molar-refractivity contribution is 0.277. The molecule has 1 heterocycles. The monoisotopic (exact) mass is 267 g/mol. The van der Waals surface area contributed by atoms with Crippen LogP contribution in [0.15, 0.2) is 48.5 Å². The van der Waals surface area contributed by atoms with Gasteiger partial charge in [-0.25, -0.2) is 0 Å². The Morgan fingerprint density at radius 2 is 1.65 bits per heavy atom. The van der Waals surface area contributed by atoms with Crippen molar-refractivity contribution in [2.24, 2.45) is 0 Å². The Labute approximate surface area is 120 Å². The first-order chi connectivity index (χ1) is 9.81. The first-order valence-electron chi connectivity index (χ1n) is 7.34. The maximum Gasteiger partial charge on any atom is 0.119 e. The second-order valence-electron chi connectivity index (χ2n) is 5.49. The van der Waals surface area contributed by atoms with E-state index in [9.17, 15) is 0 Å². The van der Waals surface area contributed by atoms with Crippen LogP contribution in [0, 0.1) is 6.92 Å². The van der Waals surface area contributed by atoms with Crippen molar-refractivity contribution in [3.8, 4) is 16.9 Å². The van der Waals surface area contributed by atoms with E-state index in [4.69, 9.17) is 4.74 Å². The minimum absolute atomic E-state index is 0.520. The Bertz CT molecular complexity index is 539. The third kappa shape index (κ3) is 3.20. The lowest BCUT2D eigenvalue weighted by atomic mass is 10.0. The maximum atomic E-state index is 5.84. The Kier molecular flexibility index (Phi) is 4.03. The van der Waals surface area contributed by atoms with E-state index in [1.807, 2.05) is 0 Å². The van der Waals surface area contributed by atoms with Crippen molar-refractivity contribution in [2.45, 2.75) is 25.8 Å². The molecule has 1 aliphatic heterocycles. The van der Waals surface area contributed by atoms with Crippen LogP contribution in [0.4, 0.5) is 0 Å². The lowest BCUT2D eigenvalue weighted by Gasteiger charge is -2.12. The van der Waals surface area contributed by atoms with Crippen LogP contribution in [0.1, 0.15) is 18.4 Å². The maximum absolute atomic E-state index is 5.84. The average molecular weight is 267 g/mol. The molecule has 104 valence electrons. The zero-order valence-corrected chi connectivity index (χ0v) is 11.9. The van der Waals surface area contributed by atoms with E-state index in [-0.39, 0.29) is 0 Å². The zero-order valence-electron chi connectivity index (χ0n) is 11.9. The van der Waals surface area contributed by atoms with E-state index < -0.39 is 0 Å². The average Bonchev–Trinajstić information content (AvgIpc) is 3.00. The predicted octanol–water partition coefficient (Wildman–Crippen LogP) is 3.79. The fourth-order valence-corrected chi connectivity index (χ4v) is 2.59. The third-order valence-electron chi connectivity index (χ3n) is 3.85. The minimum Gasteiger partial charge on any atom is -0.492 e. The Morgan fingerprint density at radius 3 is 2.25 bits per heavy atom. The first-order valence-corrected chi connectivity index (χ1v) is 7.34. The summed E-state index contributed by atoms with van der Waals surface area (Å²) < 4.78 is 5.84. The van der Waals surface area contributed by atoms with Gasteiger partial charge in [0.1, 0.15) is 12.4 Å².